The Balaban J connectivity index is 3.95. The molecule has 0 aromatic carbocycles. The van der Waals surface area contributed by atoms with E-state index in [0.29, 0.717) is 24.9 Å². The highest BCUT2D eigenvalue weighted by molar-refractivity contribution is 5.48. The fourth-order valence-corrected chi connectivity index (χ4v) is 1.96. The van der Waals surface area contributed by atoms with E-state index >= 15 is 0 Å². The molecule has 0 radical (unpaired) electrons. The number of amides is 2. The van der Waals surface area contributed by atoms with Crippen LogP contribution in [-0.2, 0) is 9.59 Å². The fourth-order valence-electron chi connectivity index (χ4n) is 1.96. The van der Waals surface area contributed by atoms with Gasteiger partial charge < -0.3 is 9.80 Å². The minimum atomic E-state index is 0.414. The van der Waals surface area contributed by atoms with Crippen molar-refractivity contribution in [1.82, 2.24) is 9.80 Å². The molecule has 0 rings (SSSR count). The number of hydrogen-bond acceptors (Lipinski definition) is 2. The number of nitrogens with zero attached hydrogens (tertiary/aromatic N) is 2. The number of hydrogen-bond donors (Lipinski definition) is 0. The Kier molecular flexibility index (Phi) is 8.62. The minimum absolute atomic E-state index is 0.414. The molecule has 0 spiro atoms. The molecule has 2 unspecified atom stereocenters. The molecule has 0 aromatic heterocycles. The van der Waals surface area contributed by atoms with Gasteiger partial charge in [0.05, 0.1) is 0 Å². The molecule has 0 saturated heterocycles. The molecule has 4 nitrogen and oxygen atoms in total. The van der Waals surface area contributed by atoms with E-state index in [-0.39, 0.29) is 0 Å². The first-order valence-electron chi connectivity index (χ1n) is 6.24. The van der Waals surface area contributed by atoms with Crippen LogP contribution in [-0.4, -0.2) is 35.7 Å². The highest BCUT2D eigenvalue weighted by Gasteiger charge is 2.11. The minimum Gasteiger partial charge on any atom is -0.322 e. The van der Waals surface area contributed by atoms with Crippen molar-refractivity contribution in [2.45, 2.75) is 26.7 Å². The third kappa shape index (κ3) is 6.89. The summed E-state index contributed by atoms with van der Waals surface area (Å²) >= 11 is 0. The predicted octanol–water partition coefficient (Wildman–Crippen LogP) is 2.24. The molecule has 18 heavy (non-hydrogen) atoms. The Morgan fingerprint density at radius 3 is 2.00 bits per heavy atom. The molecule has 0 aromatic rings. The van der Waals surface area contributed by atoms with E-state index in [2.05, 4.69) is 27.0 Å². The van der Waals surface area contributed by atoms with E-state index in [1.165, 1.54) is 6.20 Å². The molecule has 0 fully saturated rings. The van der Waals surface area contributed by atoms with Crippen LogP contribution in [0.2, 0.25) is 0 Å². The van der Waals surface area contributed by atoms with Crippen LogP contribution in [0.5, 0.6) is 0 Å². The van der Waals surface area contributed by atoms with Gasteiger partial charge in [-0.05, 0) is 37.1 Å². The monoisotopic (exact) mass is 252 g/mol. The topological polar surface area (TPSA) is 40.6 Å². The Hall–Kier alpha value is -1.58. The van der Waals surface area contributed by atoms with Crippen molar-refractivity contribution in [2.75, 3.05) is 13.1 Å². The first-order chi connectivity index (χ1) is 8.57. The maximum Gasteiger partial charge on any atom is 0.213 e. The largest absolute Gasteiger partial charge is 0.322 e. The highest BCUT2D eigenvalue weighted by atomic mass is 16.1. The van der Waals surface area contributed by atoms with Crippen molar-refractivity contribution in [3.63, 3.8) is 0 Å². The molecule has 4 heteroatoms. The molecule has 0 aliphatic heterocycles. The maximum atomic E-state index is 10.6. The highest BCUT2D eigenvalue weighted by Crippen LogP contribution is 2.16. The van der Waals surface area contributed by atoms with Crippen LogP contribution in [0.4, 0.5) is 0 Å². The summed E-state index contributed by atoms with van der Waals surface area (Å²) in [7, 11) is 0. The lowest BCUT2D eigenvalue weighted by Crippen LogP contribution is -2.24. The zero-order valence-electron chi connectivity index (χ0n) is 11.4. The van der Waals surface area contributed by atoms with E-state index in [9.17, 15) is 9.59 Å². The molecular weight excluding hydrogens is 228 g/mol. The summed E-state index contributed by atoms with van der Waals surface area (Å²) in [6.45, 7) is 12.8. The summed E-state index contributed by atoms with van der Waals surface area (Å²) in [4.78, 5) is 24.3. The first kappa shape index (κ1) is 16.4. The Bertz CT molecular complexity index is 263. The summed E-state index contributed by atoms with van der Waals surface area (Å²) < 4.78 is 0. The molecule has 2 atom stereocenters. The summed E-state index contributed by atoms with van der Waals surface area (Å²) in [5.74, 6) is 0.914. The quantitative estimate of drug-likeness (QED) is 0.529. The van der Waals surface area contributed by atoms with Crippen LogP contribution in [0.25, 0.3) is 0 Å². The van der Waals surface area contributed by atoms with Gasteiger partial charge in [-0.3, -0.25) is 9.59 Å². The van der Waals surface area contributed by atoms with Crippen molar-refractivity contribution >= 4 is 12.8 Å². The molecule has 0 saturated carbocycles. The van der Waals surface area contributed by atoms with E-state index < -0.39 is 0 Å². The van der Waals surface area contributed by atoms with Gasteiger partial charge in [0.1, 0.15) is 0 Å². The second-order valence-electron chi connectivity index (χ2n) is 4.75. The Labute approximate surface area is 110 Å². The molecule has 0 bridgehead atoms. The van der Waals surface area contributed by atoms with Gasteiger partial charge in [0, 0.05) is 13.1 Å². The zero-order valence-corrected chi connectivity index (χ0v) is 11.4. The summed E-state index contributed by atoms with van der Waals surface area (Å²) in [6.07, 6.45) is 6.61. The molecule has 0 aliphatic carbocycles. The average molecular weight is 252 g/mol. The third-order valence-corrected chi connectivity index (χ3v) is 2.95. The smallest absolute Gasteiger partial charge is 0.213 e. The summed E-state index contributed by atoms with van der Waals surface area (Å²) in [5.41, 5.74) is 0. The van der Waals surface area contributed by atoms with Gasteiger partial charge >= 0.3 is 0 Å². The van der Waals surface area contributed by atoms with Crippen molar-refractivity contribution in [3.05, 3.63) is 25.6 Å². The third-order valence-electron chi connectivity index (χ3n) is 2.95. The predicted molar refractivity (Wildman–Crippen MR) is 73.5 cm³/mol. The Morgan fingerprint density at radius 2 is 1.56 bits per heavy atom. The standard InChI is InChI=1S/C14H24N2O2/c1-5-15(11-17)8-7-13(3)9-14(4)10-16(6-2)12-18/h5-6,11-14H,1-2,7-10H2,3-4H3. The van der Waals surface area contributed by atoms with Gasteiger partial charge in [0.25, 0.3) is 0 Å². The first-order valence-corrected chi connectivity index (χ1v) is 6.24. The van der Waals surface area contributed by atoms with Crippen molar-refractivity contribution in [2.24, 2.45) is 11.8 Å². The van der Waals surface area contributed by atoms with Crippen LogP contribution >= 0.6 is 0 Å². The second kappa shape index (κ2) is 9.45. The number of rotatable bonds is 11. The van der Waals surface area contributed by atoms with E-state index in [1.54, 1.807) is 16.0 Å². The van der Waals surface area contributed by atoms with Crippen LogP contribution in [0.15, 0.2) is 25.6 Å². The van der Waals surface area contributed by atoms with Crippen LogP contribution in [0.1, 0.15) is 26.7 Å². The van der Waals surface area contributed by atoms with Gasteiger partial charge in [-0.15, -0.1) is 0 Å². The number of carbonyl (C=O) groups excluding carboxylic acids is 2. The van der Waals surface area contributed by atoms with Crippen molar-refractivity contribution in [1.29, 1.82) is 0 Å². The summed E-state index contributed by atoms with van der Waals surface area (Å²) in [5, 5.41) is 0. The lowest BCUT2D eigenvalue weighted by molar-refractivity contribution is -0.117. The molecular formula is C14H24N2O2. The van der Waals surface area contributed by atoms with Crippen LogP contribution in [0.3, 0.4) is 0 Å². The Morgan fingerprint density at radius 1 is 1.00 bits per heavy atom. The van der Waals surface area contributed by atoms with Crippen LogP contribution < -0.4 is 0 Å². The van der Waals surface area contributed by atoms with Gasteiger partial charge in [-0.1, -0.05) is 27.0 Å². The van der Waals surface area contributed by atoms with E-state index in [1.807, 2.05) is 0 Å². The molecule has 0 N–H and O–H groups in total. The van der Waals surface area contributed by atoms with E-state index in [0.717, 1.165) is 25.7 Å². The van der Waals surface area contributed by atoms with Gasteiger partial charge in [0.15, 0.2) is 0 Å². The molecule has 0 aliphatic rings. The average Bonchev–Trinajstić information content (AvgIpc) is 2.37. The molecule has 2 amide bonds. The number of carbonyl (C=O) groups is 2. The lowest BCUT2D eigenvalue weighted by Gasteiger charge is -2.22. The normalized spacial score (nSPS) is 13.2. The van der Waals surface area contributed by atoms with Gasteiger partial charge in [0.2, 0.25) is 12.8 Å². The summed E-state index contributed by atoms with van der Waals surface area (Å²) in [6, 6.07) is 0. The second-order valence-corrected chi connectivity index (χ2v) is 4.75. The fraction of sp³-hybridized carbons (Fsp3) is 0.571. The van der Waals surface area contributed by atoms with Crippen molar-refractivity contribution < 1.29 is 9.59 Å². The van der Waals surface area contributed by atoms with Crippen molar-refractivity contribution in [3.8, 4) is 0 Å². The molecule has 0 heterocycles. The van der Waals surface area contributed by atoms with Gasteiger partial charge in [-0.25, -0.2) is 0 Å². The maximum absolute atomic E-state index is 10.6. The van der Waals surface area contributed by atoms with E-state index in [4.69, 9.17) is 0 Å². The SMILES string of the molecule is C=CN(C=O)CCC(C)CC(C)CN(C=C)C=O. The molecule has 102 valence electrons. The zero-order chi connectivity index (χ0) is 14.0. The van der Waals surface area contributed by atoms with Crippen LogP contribution in [0, 0.1) is 11.8 Å². The van der Waals surface area contributed by atoms with Gasteiger partial charge in [-0.2, -0.15) is 0 Å². The lowest BCUT2D eigenvalue weighted by atomic mass is 9.94.